The molecular weight excluding hydrogens is 400 g/mol. The molecule has 30 heavy (non-hydrogen) atoms. The molecule has 7 nitrogen and oxygen atoms in total. The molecule has 8 heteroatoms. The number of sulfonamides is 1. The zero-order valence-corrected chi connectivity index (χ0v) is 17.9. The summed E-state index contributed by atoms with van der Waals surface area (Å²) in [5.74, 6) is 0.0919. The largest absolute Gasteiger partial charge is 0.340 e. The number of hydrogen-bond acceptors (Lipinski definition) is 5. The Bertz CT molecular complexity index is 937. The fraction of sp³-hybridized carbons (Fsp3) is 0.455. The maximum Gasteiger partial charge on any atom is 0.243 e. The first kappa shape index (κ1) is 21.0. The molecule has 2 aliphatic rings. The number of aromatic nitrogens is 1. The van der Waals surface area contributed by atoms with Crippen LogP contribution in [0.25, 0.3) is 0 Å². The maximum atomic E-state index is 13.0. The number of rotatable bonds is 5. The highest BCUT2D eigenvalue weighted by atomic mass is 32.2. The van der Waals surface area contributed by atoms with Gasteiger partial charge in [-0.3, -0.25) is 14.7 Å². The lowest BCUT2D eigenvalue weighted by atomic mass is 9.96. The van der Waals surface area contributed by atoms with Gasteiger partial charge < -0.3 is 4.90 Å². The highest BCUT2D eigenvalue weighted by molar-refractivity contribution is 7.89. The number of pyridine rings is 1. The summed E-state index contributed by atoms with van der Waals surface area (Å²) in [6.07, 6.45) is 4.78. The normalized spacial score (nSPS) is 19.7. The summed E-state index contributed by atoms with van der Waals surface area (Å²) in [5, 5.41) is 0. The maximum absolute atomic E-state index is 13.0. The molecule has 0 atom stereocenters. The second-order valence-electron chi connectivity index (χ2n) is 7.95. The van der Waals surface area contributed by atoms with E-state index in [-0.39, 0.29) is 11.8 Å². The van der Waals surface area contributed by atoms with Crippen molar-refractivity contribution in [3.63, 3.8) is 0 Å². The minimum atomic E-state index is -3.48. The molecule has 3 heterocycles. The summed E-state index contributed by atoms with van der Waals surface area (Å²) >= 11 is 0. The Balaban J connectivity index is 1.27. The second kappa shape index (κ2) is 9.24. The molecule has 160 valence electrons. The zero-order valence-electron chi connectivity index (χ0n) is 17.1. The van der Waals surface area contributed by atoms with Gasteiger partial charge in [-0.2, -0.15) is 4.31 Å². The Kier molecular flexibility index (Phi) is 6.46. The Labute approximate surface area is 178 Å². The van der Waals surface area contributed by atoms with Crippen LogP contribution in [-0.4, -0.2) is 72.7 Å². The van der Waals surface area contributed by atoms with Gasteiger partial charge in [-0.05, 0) is 42.7 Å². The van der Waals surface area contributed by atoms with Crippen LogP contribution in [0.15, 0.2) is 59.8 Å². The van der Waals surface area contributed by atoms with Gasteiger partial charge in [-0.1, -0.05) is 18.2 Å². The molecule has 2 fully saturated rings. The van der Waals surface area contributed by atoms with Gasteiger partial charge in [0.2, 0.25) is 15.9 Å². The molecule has 1 aromatic carbocycles. The van der Waals surface area contributed by atoms with Crippen molar-refractivity contribution in [1.29, 1.82) is 0 Å². The van der Waals surface area contributed by atoms with Gasteiger partial charge >= 0.3 is 0 Å². The number of hydrogen-bond donors (Lipinski definition) is 0. The predicted octanol–water partition coefficient (Wildman–Crippen LogP) is 1.83. The molecule has 2 aromatic rings. The van der Waals surface area contributed by atoms with E-state index in [1.807, 2.05) is 17.0 Å². The van der Waals surface area contributed by atoms with E-state index >= 15 is 0 Å². The molecule has 0 bridgehead atoms. The quantitative estimate of drug-likeness (QED) is 0.726. The SMILES string of the molecule is O=C(C1CCN(S(=O)(=O)c2ccccc2)CC1)N1CCN(Cc2ccncc2)CC1. The first-order valence-corrected chi connectivity index (χ1v) is 11.9. The van der Waals surface area contributed by atoms with Crippen LogP contribution in [0.3, 0.4) is 0 Å². The van der Waals surface area contributed by atoms with Gasteiger partial charge in [0.15, 0.2) is 0 Å². The third kappa shape index (κ3) is 4.71. The minimum absolute atomic E-state index is 0.0843. The standard InChI is InChI=1S/C22H28N4O3S/c27-22(25-16-14-24(15-17-25)18-19-6-10-23-11-7-19)20-8-12-26(13-9-20)30(28,29)21-4-2-1-3-5-21/h1-7,10-11,20H,8-9,12-18H2. The van der Waals surface area contributed by atoms with Crippen molar-refractivity contribution in [3.05, 3.63) is 60.4 Å². The van der Waals surface area contributed by atoms with Crippen molar-refractivity contribution in [2.24, 2.45) is 5.92 Å². The van der Waals surface area contributed by atoms with E-state index in [4.69, 9.17) is 0 Å². The fourth-order valence-electron chi connectivity index (χ4n) is 4.22. The minimum Gasteiger partial charge on any atom is -0.340 e. The third-order valence-electron chi connectivity index (χ3n) is 6.02. The smallest absolute Gasteiger partial charge is 0.243 e. The lowest BCUT2D eigenvalue weighted by Gasteiger charge is -2.38. The molecule has 0 radical (unpaired) electrons. The second-order valence-corrected chi connectivity index (χ2v) is 9.89. The third-order valence-corrected chi connectivity index (χ3v) is 7.94. The van der Waals surface area contributed by atoms with Crippen molar-refractivity contribution in [1.82, 2.24) is 19.1 Å². The average molecular weight is 429 g/mol. The number of piperidine rings is 1. The number of carbonyl (C=O) groups is 1. The zero-order chi connectivity index (χ0) is 21.0. The molecule has 0 N–H and O–H groups in total. The molecule has 0 saturated carbocycles. The van der Waals surface area contributed by atoms with Crippen LogP contribution in [0.4, 0.5) is 0 Å². The highest BCUT2D eigenvalue weighted by Gasteiger charge is 2.34. The summed E-state index contributed by atoms with van der Waals surface area (Å²) < 4.78 is 27.1. The number of nitrogens with zero attached hydrogens (tertiary/aromatic N) is 4. The van der Waals surface area contributed by atoms with Crippen molar-refractivity contribution in [2.45, 2.75) is 24.3 Å². The molecule has 1 amide bonds. The topological polar surface area (TPSA) is 73.8 Å². The Hall–Kier alpha value is -2.29. The van der Waals surface area contributed by atoms with E-state index in [0.29, 0.717) is 30.8 Å². The monoisotopic (exact) mass is 428 g/mol. The van der Waals surface area contributed by atoms with Crippen molar-refractivity contribution < 1.29 is 13.2 Å². The van der Waals surface area contributed by atoms with E-state index in [0.717, 1.165) is 32.7 Å². The van der Waals surface area contributed by atoms with Crippen molar-refractivity contribution >= 4 is 15.9 Å². The van der Waals surface area contributed by atoms with Crippen molar-refractivity contribution in [3.8, 4) is 0 Å². The predicted molar refractivity (Wildman–Crippen MR) is 114 cm³/mol. The molecule has 0 spiro atoms. The molecular formula is C22H28N4O3S. The summed E-state index contributed by atoms with van der Waals surface area (Å²) in [6, 6.07) is 12.6. The van der Waals surface area contributed by atoms with Crippen LogP contribution in [-0.2, 0) is 21.4 Å². The Morgan fingerprint density at radius 1 is 0.900 bits per heavy atom. The Morgan fingerprint density at radius 3 is 2.17 bits per heavy atom. The lowest BCUT2D eigenvalue weighted by molar-refractivity contribution is -0.138. The average Bonchev–Trinajstić information content (AvgIpc) is 2.80. The summed E-state index contributed by atoms with van der Waals surface area (Å²) in [6.45, 7) is 4.84. The number of benzene rings is 1. The lowest BCUT2D eigenvalue weighted by Crippen LogP contribution is -2.51. The molecule has 1 aromatic heterocycles. The molecule has 2 saturated heterocycles. The number of carbonyl (C=O) groups excluding carboxylic acids is 1. The molecule has 2 aliphatic heterocycles. The Morgan fingerprint density at radius 2 is 1.53 bits per heavy atom. The number of piperazine rings is 1. The van der Waals surface area contributed by atoms with E-state index in [1.165, 1.54) is 9.87 Å². The summed E-state index contributed by atoms with van der Waals surface area (Å²) in [4.78, 5) is 21.7. The summed E-state index contributed by atoms with van der Waals surface area (Å²) in [7, 11) is -3.48. The first-order valence-electron chi connectivity index (χ1n) is 10.5. The molecule has 0 aliphatic carbocycles. The van der Waals surface area contributed by atoms with E-state index in [2.05, 4.69) is 9.88 Å². The van der Waals surface area contributed by atoms with E-state index < -0.39 is 10.0 Å². The molecule has 4 rings (SSSR count). The van der Waals surface area contributed by atoms with Crippen molar-refractivity contribution in [2.75, 3.05) is 39.3 Å². The fourth-order valence-corrected chi connectivity index (χ4v) is 5.71. The van der Waals surface area contributed by atoms with Crippen LogP contribution in [0.2, 0.25) is 0 Å². The van der Waals surface area contributed by atoms with Gasteiger partial charge in [0.05, 0.1) is 4.90 Å². The molecule has 0 unspecified atom stereocenters. The van der Waals surface area contributed by atoms with E-state index in [1.54, 1.807) is 42.7 Å². The van der Waals surface area contributed by atoms with Crippen LogP contribution in [0.5, 0.6) is 0 Å². The van der Waals surface area contributed by atoms with Crippen LogP contribution in [0, 0.1) is 5.92 Å². The van der Waals surface area contributed by atoms with Gasteiger partial charge in [0.25, 0.3) is 0 Å². The van der Waals surface area contributed by atoms with Gasteiger partial charge in [-0.15, -0.1) is 0 Å². The number of amides is 1. The van der Waals surface area contributed by atoms with Crippen LogP contribution >= 0.6 is 0 Å². The van der Waals surface area contributed by atoms with Crippen LogP contribution < -0.4 is 0 Å². The van der Waals surface area contributed by atoms with Gasteiger partial charge in [-0.25, -0.2) is 8.42 Å². The highest BCUT2D eigenvalue weighted by Crippen LogP contribution is 2.25. The van der Waals surface area contributed by atoms with Gasteiger partial charge in [0, 0.05) is 64.1 Å². The van der Waals surface area contributed by atoms with Crippen LogP contribution in [0.1, 0.15) is 18.4 Å². The van der Waals surface area contributed by atoms with Gasteiger partial charge in [0.1, 0.15) is 0 Å². The summed E-state index contributed by atoms with van der Waals surface area (Å²) in [5.41, 5.74) is 1.23. The first-order chi connectivity index (χ1) is 14.5. The van der Waals surface area contributed by atoms with E-state index in [9.17, 15) is 13.2 Å².